The molecule has 0 spiro atoms. The van der Waals surface area contributed by atoms with Gasteiger partial charge in [0, 0.05) is 6.07 Å². The van der Waals surface area contributed by atoms with Crippen molar-refractivity contribution >= 4 is 12.2 Å². The number of nitrogens with one attached hydrogen (secondary N) is 1. The van der Waals surface area contributed by atoms with E-state index in [1.165, 1.54) is 6.07 Å². The van der Waals surface area contributed by atoms with E-state index >= 15 is 0 Å². The Morgan fingerprint density at radius 1 is 0.833 bits per heavy atom. The van der Waals surface area contributed by atoms with Crippen LogP contribution in [0.2, 0.25) is 0 Å². The summed E-state index contributed by atoms with van der Waals surface area (Å²) < 4.78 is 0. The van der Waals surface area contributed by atoms with E-state index in [9.17, 15) is 4.79 Å². The van der Waals surface area contributed by atoms with Crippen LogP contribution in [0.4, 0.5) is 5.82 Å². The summed E-state index contributed by atoms with van der Waals surface area (Å²) in [6.07, 6.45) is 1.78. The number of aromatic nitrogens is 1. The normalized spacial score (nSPS) is 10.8. The lowest BCUT2D eigenvalue weighted by molar-refractivity contribution is 0.963. The monoisotopic (exact) mass is 317 g/mol. The molecule has 1 aromatic heterocycles. The number of aliphatic imine (C=N–C) groups is 1. The van der Waals surface area contributed by atoms with E-state index in [2.05, 4.69) is 22.1 Å². The third-order valence-corrected chi connectivity index (χ3v) is 3.60. The maximum Gasteiger partial charge on any atom is 0.249 e. The lowest BCUT2D eigenvalue weighted by atomic mass is 10.2. The summed E-state index contributed by atoms with van der Waals surface area (Å²) in [6, 6.07) is 25.3. The number of anilines is 1. The average molecular weight is 317 g/mol. The second kappa shape index (κ2) is 7.92. The first kappa shape index (κ1) is 15.7. The molecule has 0 aliphatic heterocycles. The molecule has 2 aromatic carbocycles. The molecule has 0 fully saturated rings. The van der Waals surface area contributed by atoms with Gasteiger partial charge in [0.25, 0.3) is 0 Å². The van der Waals surface area contributed by atoms with Crippen LogP contribution in [-0.4, -0.2) is 11.3 Å². The van der Waals surface area contributed by atoms with Gasteiger partial charge in [0.1, 0.15) is 5.82 Å². The molecule has 3 rings (SSSR count). The molecule has 4 nitrogen and oxygen atoms in total. The Bertz CT molecular complexity index is 841. The van der Waals surface area contributed by atoms with E-state index in [1.54, 1.807) is 12.4 Å². The summed E-state index contributed by atoms with van der Waals surface area (Å²) in [5.74, 6) is 0.725. The van der Waals surface area contributed by atoms with Crippen LogP contribution in [0.1, 0.15) is 11.1 Å². The average Bonchev–Trinajstić information content (AvgIpc) is 2.63. The van der Waals surface area contributed by atoms with Gasteiger partial charge in [0.2, 0.25) is 5.56 Å². The molecule has 24 heavy (non-hydrogen) atoms. The fourth-order valence-electron chi connectivity index (χ4n) is 2.40. The second-order valence-corrected chi connectivity index (χ2v) is 5.46. The number of pyridine rings is 1. The largest absolute Gasteiger partial charge is 0.314 e. The molecular weight excluding hydrogens is 298 g/mol. The Balaban J connectivity index is 1.80. The summed E-state index contributed by atoms with van der Waals surface area (Å²) in [6.45, 7) is 1.24. The van der Waals surface area contributed by atoms with E-state index < -0.39 is 0 Å². The number of hydrogen-bond acceptors (Lipinski definition) is 2. The van der Waals surface area contributed by atoms with Crippen LogP contribution in [0.3, 0.4) is 0 Å². The minimum absolute atomic E-state index is 0.123. The van der Waals surface area contributed by atoms with Gasteiger partial charge >= 0.3 is 0 Å². The molecular formula is C20H19N3O. The highest BCUT2D eigenvalue weighted by atomic mass is 16.1. The highest BCUT2D eigenvalue weighted by Gasteiger charge is 2.05. The number of aromatic amines is 1. The lowest BCUT2D eigenvalue weighted by Gasteiger charge is -2.19. The first-order valence-corrected chi connectivity index (χ1v) is 7.85. The quantitative estimate of drug-likeness (QED) is 0.558. The molecule has 120 valence electrons. The smallest absolute Gasteiger partial charge is 0.249 e. The molecule has 0 saturated carbocycles. The van der Waals surface area contributed by atoms with Gasteiger partial charge in [-0.05, 0) is 17.2 Å². The summed E-state index contributed by atoms with van der Waals surface area (Å²) in [5, 5.41) is 0. The number of hydrogen-bond donors (Lipinski definition) is 1. The molecule has 0 radical (unpaired) electrons. The molecule has 0 aliphatic carbocycles. The van der Waals surface area contributed by atoms with Crippen molar-refractivity contribution in [3.05, 3.63) is 100 Å². The Morgan fingerprint density at radius 2 is 1.50 bits per heavy atom. The topological polar surface area (TPSA) is 48.5 Å². The van der Waals surface area contributed by atoms with Crippen LogP contribution >= 0.6 is 0 Å². The number of H-pyrrole nitrogens is 1. The zero-order chi connectivity index (χ0) is 16.6. The summed E-state index contributed by atoms with van der Waals surface area (Å²) in [4.78, 5) is 20.9. The fourth-order valence-corrected chi connectivity index (χ4v) is 2.40. The predicted octanol–water partition coefficient (Wildman–Crippen LogP) is 3.61. The standard InChI is InChI=1S/C20H19N3O/c24-20-13-7-12-19(22-20)23(15-18-10-5-2-6-11-18)16-21-14-17-8-3-1-4-9-17/h1-13,16H,14-15H2,(H,22,24). The molecule has 0 aliphatic rings. The van der Waals surface area contributed by atoms with Crippen molar-refractivity contribution in [2.24, 2.45) is 4.99 Å². The van der Waals surface area contributed by atoms with Crippen LogP contribution < -0.4 is 10.5 Å². The third kappa shape index (κ3) is 4.43. The van der Waals surface area contributed by atoms with Gasteiger partial charge in [-0.2, -0.15) is 0 Å². The molecule has 0 unspecified atom stereocenters. The number of benzene rings is 2. The maximum absolute atomic E-state index is 11.6. The van der Waals surface area contributed by atoms with Crippen molar-refractivity contribution in [1.29, 1.82) is 0 Å². The molecule has 1 N–H and O–H groups in total. The first-order valence-electron chi connectivity index (χ1n) is 7.85. The fraction of sp³-hybridized carbons (Fsp3) is 0.100. The van der Waals surface area contributed by atoms with Gasteiger partial charge in [-0.3, -0.25) is 9.79 Å². The van der Waals surface area contributed by atoms with Crippen LogP contribution in [0.15, 0.2) is 88.6 Å². The number of nitrogens with zero attached hydrogens (tertiary/aromatic N) is 2. The lowest BCUT2D eigenvalue weighted by Crippen LogP contribution is -2.24. The van der Waals surface area contributed by atoms with E-state index in [0.29, 0.717) is 13.1 Å². The van der Waals surface area contributed by atoms with E-state index in [-0.39, 0.29) is 5.56 Å². The van der Waals surface area contributed by atoms with E-state index in [0.717, 1.165) is 16.9 Å². The van der Waals surface area contributed by atoms with E-state index in [4.69, 9.17) is 0 Å². The van der Waals surface area contributed by atoms with Gasteiger partial charge in [-0.1, -0.05) is 66.7 Å². The minimum Gasteiger partial charge on any atom is -0.314 e. The van der Waals surface area contributed by atoms with Gasteiger partial charge in [0.05, 0.1) is 19.4 Å². The second-order valence-electron chi connectivity index (χ2n) is 5.46. The van der Waals surface area contributed by atoms with Crippen molar-refractivity contribution in [3.63, 3.8) is 0 Å². The zero-order valence-electron chi connectivity index (χ0n) is 13.3. The minimum atomic E-state index is -0.123. The summed E-state index contributed by atoms with van der Waals surface area (Å²) in [7, 11) is 0. The van der Waals surface area contributed by atoms with Gasteiger partial charge in [0.15, 0.2) is 0 Å². The van der Waals surface area contributed by atoms with Gasteiger partial charge in [-0.25, -0.2) is 0 Å². The molecule has 4 heteroatoms. The zero-order valence-corrected chi connectivity index (χ0v) is 13.3. The first-order chi connectivity index (χ1) is 11.8. The highest BCUT2D eigenvalue weighted by molar-refractivity contribution is 5.77. The molecule has 3 aromatic rings. The predicted molar refractivity (Wildman–Crippen MR) is 98.3 cm³/mol. The van der Waals surface area contributed by atoms with Crippen molar-refractivity contribution in [1.82, 2.24) is 4.98 Å². The molecule has 1 heterocycles. The number of rotatable bonds is 6. The molecule has 0 saturated heterocycles. The molecule has 0 bridgehead atoms. The molecule has 0 atom stereocenters. The summed E-state index contributed by atoms with van der Waals surface area (Å²) in [5.41, 5.74) is 2.17. The van der Waals surface area contributed by atoms with Crippen LogP contribution in [-0.2, 0) is 13.1 Å². The SMILES string of the molecule is O=c1cccc(N(C=NCc2ccccc2)Cc2ccccc2)[nH]1. The van der Waals surface area contributed by atoms with Crippen LogP contribution in [0.5, 0.6) is 0 Å². The van der Waals surface area contributed by atoms with Crippen molar-refractivity contribution in [2.75, 3.05) is 4.90 Å². The van der Waals surface area contributed by atoms with Crippen molar-refractivity contribution in [2.45, 2.75) is 13.1 Å². The highest BCUT2D eigenvalue weighted by Crippen LogP contribution is 2.11. The Labute approximate surface area is 141 Å². The Hall–Kier alpha value is -3.14. The van der Waals surface area contributed by atoms with E-state index in [1.807, 2.05) is 59.5 Å². The van der Waals surface area contributed by atoms with Crippen LogP contribution in [0, 0.1) is 0 Å². The van der Waals surface area contributed by atoms with Crippen molar-refractivity contribution < 1.29 is 0 Å². The summed E-state index contributed by atoms with van der Waals surface area (Å²) >= 11 is 0. The van der Waals surface area contributed by atoms with Crippen LogP contribution in [0.25, 0.3) is 0 Å². The van der Waals surface area contributed by atoms with Gasteiger partial charge < -0.3 is 9.88 Å². The Kier molecular flexibility index (Phi) is 5.20. The Morgan fingerprint density at radius 3 is 2.17 bits per heavy atom. The third-order valence-electron chi connectivity index (χ3n) is 3.60. The molecule has 0 amide bonds. The maximum atomic E-state index is 11.6. The van der Waals surface area contributed by atoms with Gasteiger partial charge in [-0.15, -0.1) is 0 Å². The van der Waals surface area contributed by atoms with Crippen molar-refractivity contribution in [3.8, 4) is 0 Å².